The maximum Gasteiger partial charge on any atom is 0.335 e. The first-order valence-corrected chi connectivity index (χ1v) is 20.2. The number of hydrogen-bond donors (Lipinski definition) is 5. The number of hydrogen-bond acceptors (Lipinski definition) is 5. The van der Waals surface area contributed by atoms with E-state index in [-0.39, 0.29) is 35.0 Å². The molecule has 3 aromatic rings. The van der Waals surface area contributed by atoms with Gasteiger partial charge in [-0.15, -0.1) is 18.4 Å². The molecule has 0 amide bonds. The Morgan fingerprint density at radius 3 is 1.38 bits per heavy atom. The Labute approximate surface area is 343 Å². The summed E-state index contributed by atoms with van der Waals surface area (Å²) in [6, 6.07) is 14.7. The van der Waals surface area contributed by atoms with Crippen LogP contribution in [0.15, 0.2) is 73.1 Å². The number of carboxylic acids is 3. The molecule has 11 heteroatoms. The van der Waals surface area contributed by atoms with E-state index in [0.29, 0.717) is 16.7 Å². The van der Waals surface area contributed by atoms with Crippen molar-refractivity contribution in [2.75, 3.05) is 0 Å². The molecular weight excluding hydrogens is 955 g/mol. The summed E-state index contributed by atoms with van der Waals surface area (Å²) in [6.07, 6.45) is 14.1. The van der Waals surface area contributed by atoms with Crippen molar-refractivity contribution >= 4 is 48.6 Å². The van der Waals surface area contributed by atoms with E-state index in [1.54, 1.807) is 42.5 Å². The van der Waals surface area contributed by atoms with Gasteiger partial charge in [0.1, 0.15) is 8.07 Å². The molecule has 0 spiro atoms. The predicted octanol–water partition coefficient (Wildman–Crippen LogP) is 9.42. The van der Waals surface area contributed by atoms with Crippen molar-refractivity contribution in [1.29, 1.82) is 0 Å². The summed E-state index contributed by atoms with van der Waals surface area (Å²) >= 11 is 2.12. The molecule has 3 rings (SSSR count). The van der Waals surface area contributed by atoms with Crippen molar-refractivity contribution in [3.05, 3.63) is 128 Å². The third kappa shape index (κ3) is 28.2. The van der Waals surface area contributed by atoms with Gasteiger partial charge in [-0.1, -0.05) is 83.3 Å². The summed E-state index contributed by atoms with van der Waals surface area (Å²) in [4.78, 5) is 31.7. The molecular formula is C41H56IN2O6SiW-. The number of benzene rings is 3. The van der Waals surface area contributed by atoms with Crippen LogP contribution in [-0.2, 0) is 21.1 Å². The maximum absolute atomic E-state index is 10.7. The Hall–Kier alpha value is -4.53. The fourth-order valence-corrected chi connectivity index (χ4v) is 3.21. The zero-order valence-corrected chi connectivity index (χ0v) is 37.8. The molecule has 7 N–H and O–H groups in total. The Morgan fingerprint density at radius 2 is 1.08 bits per heavy atom. The van der Waals surface area contributed by atoms with Crippen molar-refractivity contribution in [3.63, 3.8) is 0 Å². The second kappa shape index (κ2) is 33.6. The van der Waals surface area contributed by atoms with E-state index in [4.69, 9.17) is 33.9 Å². The van der Waals surface area contributed by atoms with E-state index < -0.39 is 26.0 Å². The zero-order chi connectivity index (χ0) is 40.7. The molecule has 0 saturated carbocycles. The summed E-state index contributed by atoms with van der Waals surface area (Å²) in [5.74, 6) is 5.19. The van der Waals surface area contributed by atoms with Gasteiger partial charge in [0.15, 0.2) is 0 Å². The van der Waals surface area contributed by atoms with E-state index >= 15 is 0 Å². The van der Waals surface area contributed by atoms with Gasteiger partial charge in [-0.3, -0.25) is 0 Å². The van der Waals surface area contributed by atoms with Crippen LogP contribution >= 0.6 is 22.6 Å². The van der Waals surface area contributed by atoms with Crippen LogP contribution in [0, 0.1) is 67.1 Å². The number of halogens is 1. The normalized spacial score (nSPS) is 8.56. The van der Waals surface area contributed by atoms with Gasteiger partial charge in [0.2, 0.25) is 0 Å². The van der Waals surface area contributed by atoms with Crippen LogP contribution in [0.25, 0.3) is 0 Å². The van der Waals surface area contributed by atoms with Crippen molar-refractivity contribution in [1.82, 2.24) is 0 Å². The molecule has 3 aromatic carbocycles. The first-order valence-electron chi connectivity index (χ1n) is 15.6. The summed E-state index contributed by atoms with van der Waals surface area (Å²) in [5.41, 5.74) is 17.5. The molecule has 0 aromatic heterocycles. The average Bonchev–Trinajstić information content (AvgIpc) is 3.09. The first-order chi connectivity index (χ1) is 23.9. The molecule has 0 aliphatic rings. The maximum atomic E-state index is 10.7. The van der Waals surface area contributed by atoms with E-state index in [9.17, 15) is 14.4 Å². The number of rotatable bonds is 3. The van der Waals surface area contributed by atoms with Crippen LogP contribution in [0.4, 0.5) is 0 Å². The number of aromatic carboxylic acids is 3. The molecule has 0 aliphatic carbocycles. The van der Waals surface area contributed by atoms with Crippen molar-refractivity contribution in [3.8, 4) is 36.2 Å². The molecule has 0 atom stereocenters. The average molecular weight is 1020 g/mol. The Balaban J connectivity index is -0.000000104. The molecule has 0 fully saturated rings. The van der Waals surface area contributed by atoms with Gasteiger partial charge in [-0.05, 0) is 96.5 Å². The van der Waals surface area contributed by atoms with E-state index in [1.807, 2.05) is 54.5 Å². The number of terminal acetylenes is 2. The Bertz CT molecular complexity index is 1740. The standard InChI is InChI=1S/C12H11NO2.C10H8O2.C8H7IO2.C5H10Si.C2H4N.2C2H6.W.2H2/c1-9-5-6-11(12(14)15)8-10(9)4-2-3-7-13;1-3-8-6-9(10(11)12)5-4-7(8)2;1-5-2-3-6(8(10)11)4-7(5)9;1-5-6(2,3)4;1-2-3;2*1-2;;;/h3,5-8H,13H2,1H3,(H,14,15);1,4-6H,2H3,(H,11,12);2-4H,1H3,(H,10,11);1H,2-4H3;1-2H,3H2;2*1-2H3;;2*1H/q;;;;-1;;;;;/b7-3+;;;;;;;;;/i;;;;;;;;2*1+2. The molecule has 0 saturated heterocycles. The van der Waals surface area contributed by atoms with Crippen LogP contribution in [0.1, 0.15) is 89.4 Å². The minimum Gasteiger partial charge on any atom is -0.497 e. The second-order valence-corrected chi connectivity index (χ2v) is 16.2. The molecule has 0 aliphatic heterocycles. The topological polar surface area (TPSA) is 164 Å². The van der Waals surface area contributed by atoms with Crippen molar-refractivity contribution in [2.45, 2.75) is 68.1 Å². The minimum absolute atomic E-state index is 0. The van der Waals surface area contributed by atoms with Crippen LogP contribution in [0.3, 0.4) is 0 Å². The van der Waals surface area contributed by atoms with Crippen LogP contribution in [-0.4, -0.2) is 41.3 Å². The Kier molecular flexibility index (Phi) is 36.7. The van der Waals surface area contributed by atoms with Crippen molar-refractivity contribution in [2.24, 2.45) is 11.5 Å². The van der Waals surface area contributed by atoms with E-state index in [2.05, 4.69) is 77.8 Å². The van der Waals surface area contributed by atoms with Gasteiger partial charge in [0.05, 0.1) is 16.7 Å². The molecule has 0 bridgehead atoms. The smallest absolute Gasteiger partial charge is 0.335 e. The molecule has 0 heterocycles. The van der Waals surface area contributed by atoms with Gasteiger partial charge in [0, 0.05) is 50.9 Å². The Morgan fingerprint density at radius 1 is 0.750 bits per heavy atom. The van der Waals surface area contributed by atoms with Gasteiger partial charge in [0.25, 0.3) is 0 Å². The molecule has 0 unspecified atom stereocenters. The summed E-state index contributed by atoms with van der Waals surface area (Å²) in [6.45, 7) is 24.6. The van der Waals surface area contributed by atoms with Gasteiger partial charge in [-0.25, -0.2) is 14.4 Å². The molecule has 0 radical (unpaired) electrons. The molecule has 8 nitrogen and oxygen atoms in total. The van der Waals surface area contributed by atoms with Crippen molar-refractivity contribution < 1.29 is 53.6 Å². The third-order valence-electron chi connectivity index (χ3n) is 5.36. The van der Waals surface area contributed by atoms with Crippen LogP contribution in [0.5, 0.6) is 0 Å². The predicted molar refractivity (Wildman–Crippen MR) is 227 cm³/mol. The number of nitrogens with two attached hydrogens (primary N) is 2. The number of aryl methyl sites for hydroxylation is 3. The summed E-state index contributed by atoms with van der Waals surface area (Å²) in [7, 11) is -1.10. The first kappa shape index (κ1) is 56.8. The van der Waals surface area contributed by atoms with Gasteiger partial charge < -0.3 is 33.4 Å². The molecule has 52 heavy (non-hydrogen) atoms. The van der Waals surface area contributed by atoms with E-state index in [1.165, 1.54) is 18.3 Å². The summed E-state index contributed by atoms with van der Waals surface area (Å²) in [5, 5.41) is 26.0. The zero-order valence-electron chi connectivity index (χ0n) is 31.7. The minimum atomic E-state index is -1.10. The number of carboxylic acid groups (broad SMARTS) is 3. The SMILES string of the molecule is C#C[Si](C)(C)C.C#Cc1cc(C(=O)O)ccc1C.CC.CC.Cc1ccc(C(=O)O)cc1C#C/C=C/N.Cc1ccc(C(=O)O)cc1I.[3HH].[3HH].[CH-]=CN.[W]. The van der Waals surface area contributed by atoms with Crippen LogP contribution in [0.2, 0.25) is 19.6 Å². The largest absolute Gasteiger partial charge is 0.497 e. The van der Waals surface area contributed by atoms with Gasteiger partial charge in [-0.2, -0.15) is 6.20 Å². The molecule has 284 valence electrons. The third-order valence-corrected chi connectivity index (χ3v) is 7.39. The van der Waals surface area contributed by atoms with E-state index in [0.717, 1.165) is 26.5 Å². The monoisotopic (exact) mass is 1020 g/mol. The fraction of sp³-hybridized carbons (Fsp3) is 0.244. The second-order valence-electron chi connectivity index (χ2n) is 10.3. The fourth-order valence-electron chi connectivity index (χ4n) is 2.69. The number of carbonyl (C=O) groups is 3. The summed E-state index contributed by atoms with van der Waals surface area (Å²) < 4.78 is 0.988. The number of allylic oxidation sites excluding steroid dienone is 1. The quantitative estimate of drug-likeness (QED) is 0.0750. The van der Waals surface area contributed by atoms with Crippen LogP contribution < -0.4 is 11.5 Å². The van der Waals surface area contributed by atoms with Gasteiger partial charge >= 0.3 is 17.9 Å².